The third kappa shape index (κ3) is 3.78. The van der Waals surface area contributed by atoms with Crippen LogP contribution in [0.5, 0.6) is 0 Å². The van der Waals surface area contributed by atoms with Crippen molar-refractivity contribution in [2.45, 2.75) is 31.4 Å². The van der Waals surface area contributed by atoms with Crippen LogP contribution < -0.4 is 0 Å². The number of benzene rings is 1. The van der Waals surface area contributed by atoms with E-state index in [-0.39, 0.29) is 18.6 Å². The van der Waals surface area contributed by atoms with Crippen molar-refractivity contribution in [1.29, 1.82) is 0 Å². The monoisotopic (exact) mass is 356 g/mol. The van der Waals surface area contributed by atoms with Crippen molar-refractivity contribution in [1.82, 2.24) is 19.7 Å². The van der Waals surface area contributed by atoms with Gasteiger partial charge in [0.1, 0.15) is 18.8 Å². The summed E-state index contributed by atoms with van der Waals surface area (Å²) in [7, 11) is 0. The summed E-state index contributed by atoms with van der Waals surface area (Å²) in [5, 5.41) is 8.42. The van der Waals surface area contributed by atoms with Crippen molar-refractivity contribution < 1.29 is 14.3 Å². The number of rotatable bonds is 6. The first kappa shape index (κ1) is 17.2. The molecular weight excluding hydrogens is 332 g/mol. The molecule has 1 amide bonds. The minimum absolute atomic E-state index is 0.0397. The van der Waals surface area contributed by atoms with Gasteiger partial charge in [-0.05, 0) is 18.4 Å². The van der Waals surface area contributed by atoms with Crippen LogP contribution in [0.25, 0.3) is 0 Å². The van der Waals surface area contributed by atoms with Crippen molar-refractivity contribution in [2.24, 2.45) is 0 Å². The fourth-order valence-electron chi connectivity index (χ4n) is 3.54. The average molecular weight is 356 g/mol. The first-order chi connectivity index (χ1) is 12.8. The van der Waals surface area contributed by atoms with E-state index in [2.05, 4.69) is 14.8 Å². The zero-order valence-electron chi connectivity index (χ0n) is 14.8. The number of hydrogen-bond acceptors (Lipinski definition) is 5. The fourth-order valence-corrected chi connectivity index (χ4v) is 3.54. The summed E-state index contributed by atoms with van der Waals surface area (Å²) in [6.45, 7) is 3.54. The Balaban J connectivity index is 1.25. The van der Waals surface area contributed by atoms with Crippen molar-refractivity contribution >= 4 is 5.91 Å². The Morgan fingerprint density at radius 1 is 1.19 bits per heavy atom. The number of carbonyl (C=O) groups is 1. The number of ether oxygens (including phenoxy) is 2. The molecule has 0 aliphatic carbocycles. The predicted molar refractivity (Wildman–Crippen MR) is 94.5 cm³/mol. The smallest absolute Gasteiger partial charge is 0.248 e. The molecule has 0 unspecified atom stereocenters. The molecule has 0 saturated carbocycles. The van der Waals surface area contributed by atoms with E-state index in [0.717, 1.165) is 37.4 Å². The molecule has 4 rings (SSSR count). The third-order valence-electron chi connectivity index (χ3n) is 5.13. The second-order valence-electron chi connectivity index (χ2n) is 6.91. The number of aromatic nitrogens is 3. The molecule has 2 aliphatic rings. The molecule has 26 heavy (non-hydrogen) atoms. The Kier molecular flexibility index (Phi) is 5.26. The van der Waals surface area contributed by atoms with Gasteiger partial charge in [0.05, 0.1) is 12.6 Å². The highest BCUT2D eigenvalue weighted by Crippen LogP contribution is 2.30. The molecule has 1 aromatic heterocycles. The van der Waals surface area contributed by atoms with Gasteiger partial charge < -0.3 is 18.9 Å². The lowest BCUT2D eigenvalue weighted by molar-refractivity contribution is -0.142. The van der Waals surface area contributed by atoms with Crippen LogP contribution in [0.3, 0.4) is 0 Å². The van der Waals surface area contributed by atoms with Crippen LogP contribution in [-0.4, -0.2) is 58.5 Å². The second kappa shape index (κ2) is 7.97. The normalized spacial score (nSPS) is 18.7. The lowest BCUT2D eigenvalue weighted by Gasteiger charge is -2.40. The molecule has 138 valence electrons. The summed E-state index contributed by atoms with van der Waals surface area (Å²) in [6, 6.07) is 10.2. The van der Waals surface area contributed by atoms with Gasteiger partial charge in [0.2, 0.25) is 5.91 Å². The molecule has 3 heterocycles. The molecule has 2 fully saturated rings. The van der Waals surface area contributed by atoms with Gasteiger partial charge in [0, 0.05) is 32.2 Å². The molecule has 7 nitrogen and oxygen atoms in total. The number of amides is 1. The van der Waals surface area contributed by atoms with E-state index in [0.29, 0.717) is 25.6 Å². The average Bonchev–Trinajstić information content (AvgIpc) is 3.11. The minimum atomic E-state index is 0.0397. The summed E-state index contributed by atoms with van der Waals surface area (Å²) < 4.78 is 13.1. The summed E-state index contributed by atoms with van der Waals surface area (Å²) in [5.41, 5.74) is 1.08. The van der Waals surface area contributed by atoms with Crippen molar-refractivity contribution in [3.05, 3.63) is 48.0 Å². The molecule has 0 radical (unpaired) electrons. The van der Waals surface area contributed by atoms with Gasteiger partial charge in [0.25, 0.3) is 0 Å². The summed E-state index contributed by atoms with van der Waals surface area (Å²) >= 11 is 0. The van der Waals surface area contributed by atoms with Crippen LogP contribution in [0, 0.1) is 0 Å². The van der Waals surface area contributed by atoms with Gasteiger partial charge in [-0.2, -0.15) is 0 Å². The topological polar surface area (TPSA) is 69.5 Å². The van der Waals surface area contributed by atoms with Crippen molar-refractivity contribution in [3.8, 4) is 0 Å². The largest absolute Gasteiger partial charge is 0.381 e. The molecule has 2 aromatic rings. The Labute approximate surface area is 152 Å². The molecule has 0 N–H and O–H groups in total. The summed E-state index contributed by atoms with van der Waals surface area (Å²) in [6.07, 6.45) is 3.77. The Morgan fingerprint density at radius 3 is 2.73 bits per heavy atom. The molecule has 0 bridgehead atoms. The Bertz CT molecular complexity index is 721. The summed E-state index contributed by atoms with van der Waals surface area (Å²) in [5.74, 6) is 1.48. The van der Waals surface area contributed by atoms with Gasteiger partial charge >= 0.3 is 0 Å². The first-order valence-corrected chi connectivity index (χ1v) is 9.18. The van der Waals surface area contributed by atoms with Crippen molar-refractivity contribution in [3.63, 3.8) is 0 Å². The quantitative estimate of drug-likeness (QED) is 0.789. The predicted octanol–water partition coefficient (Wildman–Crippen LogP) is 1.77. The first-order valence-electron chi connectivity index (χ1n) is 9.18. The number of hydrogen-bond donors (Lipinski definition) is 0. The molecule has 7 heteroatoms. The number of nitrogens with zero attached hydrogens (tertiary/aromatic N) is 4. The van der Waals surface area contributed by atoms with Crippen molar-refractivity contribution in [2.75, 3.05) is 32.9 Å². The van der Waals surface area contributed by atoms with Gasteiger partial charge in [-0.15, -0.1) is 10.2 Å². The maximum absolute atomic E-state index is 12.3. The van der Waals surface area contributed by atoms with Gasteiger partial charge in [-0.1, -0.05) is 30.3 Å². The molecule has 2 saturated heterocycles. The molecule has 0 atom stereocenters. The maximum Gasteiger partial charge on any atom is 0.248 e. The van der Waals surface area contributed by atoms with E-state index in [1.807, 2.05) is 35.2 Å². The van der Waals surface area contributed by atoms with Crippen LogP contribution in [0.15, 0.2) is 36.7 Å². The van der Waals surface area contributed by atoms with E-state index in [1.54, 1.807) is 6.33 Å². The Hall–Kier alpha value is -2.25. The van der Waals surface area contributed by atoms with Crippen LogP contribution in [0.4, 0.5) is 0 Å². The van der Waals surface area contributed by atoms with E-state index >= 15 is 0 Å². The highest BCUT2D eigenvalue weighted by molar-refractivity contribution is 5.78. The molecule has 0 spiro atoms. The standard InChI is InChI=1S/C19H24N4O3/c24-18(13-26-12-15-4-2-1-3-5-15)22-10-17(11-22)23-14-20-21-19(23)16-6-8-25-9-7-16/h1-5,14,16-17H,6-13H2. The van der Waals surface area contributed by atoms with E-state index in [9.17, 15) is 4.79 Å². The zero-order chi connectivity index (χ0) is 17.8. The lowest BCUT2D eigenvalue weighted by atomic mass is 9.98. The highest BCUT2D eigenvalue weighted by Gasteiger charge is 2.34. The van der Waals surface area contributed by atoms with E-state index in [4.69, 9.17) is 9.47 Å². The summed E-state index contributed by atoms with van der Waals surface area (Å²) in [4.78, 5) is 14.1. The minimum Gasteiger partial charge on any atom is -0.381 e. The van der Waals surface area contributed by atoms with Crippen LogP contribution in [-0.2, 0) is 20.9 Å². The zero-order valence-corrected chi connectivity index (χ0v) is 14.8. The second-order valence-corrected chi connectivity index (χ2v) is 6.91. The lowest BCUT2D eigenvalue weighted by Crippen LogP contribution is -2.52. The molecule has 1 aromatic carbocycles. The van der Waals surface area contributed by atoms with Gasteiger partial charge in [-0.25, -0.2) is 0 Å². The maximum atomic E-state index is 12.3. The molecule has 2 aliphatic heterocycles. The molecular formula is C19H24N4O3. The van der Waals surface area contributed by atoms with Crippen LogP contribution >= 0.6 is 0 Å². The van der Waals surface area contributed by atoms with Crippen LogP contribution in [0.2, 0.25) is 0 Å². The highest BCUT2D eigenvalue weighted by atomic mass is 16.5. The van der Waals surface area contributed by atoms with E-state index in [1.165, 1.54) is 0 Å². The van der Waals surface area contributed by atoms with E-state index < -0.39 is 0 Å². The van der Waals surface area contributed by atoms with Gasteiger partial charge in [0.15, 0.2) is 0 Å². The van der Waals surface area contributed by atoms with Gasteiger partial charge in [-0.3, -0.25) is 4.79 Å². The Morgan fingerprint density at radius 2 is 1.96 bits per heavy atom. The SMILES string of the molecule is O=C(COCc1ccccc1)N1CC(n2cnnc2C2CCOCC2)C1. The fraction of sp³-hybridized carbons (Fsp3) is 0.526. The number of likely N-dealkylation sites (tertiary alicyclic amines) is 1. The number of carbonyl (C=O) groups excluding carboxylic acids is 1. The third-order valence-corrected chi connectivity index (χ3v) is 5.13. The van der Waals surface area contributed by atoms with Crippen LogP contribution in [0.1, 0.15) is 36.2 Å².